The van der Waals surface area contributed by atoms with Gasteiger partial charge in [0.05, 0.1) is 0 Å². The Morgan fingerprint density at radius 1 is 1.18 bits per heavy atom. The maximum absolute atomic E-state index is 11.8. The van der Waals surface area contributed by atoms with Gasteiger partial charge in [0.2, 0.25) is 5.91 Å². The molecule has 2 N–H and O–H groups in total. The van der Waals surface area contributed by atoms with Gasteiger partial charge < -0.3 is 0 Å². The summed E-state index contributed by atoms with van der Waals surface area (Å²) in [5.74, 6) is 1.31. The molecule has 0 aliphatic heterocycles. The van der Waals surface area contributed by atoms with E-state index in [-0.39, 0.29) is 16.7 Å². The highest BCUT2D eigenvalue weighted by atomic mass is 16.5. The highest BCUT2D eigenvalue weighted by Gasteiger charge is 2.58. The average molecular weight is 299 g/mol. The molecule has 0 radical (unpaired) electrons. The summed E-state index contributed by atoms with van der Waals surface area (Å²) in [5, 5.41) is 8.95. The van der Waals surface area contributed by atoms with Crippen LogP contribution in [0.5, 0.6) is 0 Å². The van der Waals surface area contributed by atoms with Crippen molar-refractivity contribution in [1.29, 1.82) is 0 Å². The van der Waals surface area contributed by atoms with E-state index < -0.39 is 0 Å². The SMILES string of the molecule is Cc1ccc(C23C[C@@H]4C[C@@H](CC(CC(=O)NO)(C4)C2)C3)cc1. The zero-order valence-electron chi connectivity index (χ0n) is 13.3. The second-order valence-electron chi connectivity index (χ2n) is 8.32. The quantitative estimate of drug-likeness (QED) is 0.660. The molecule has 4 aliphatic carbocycles. The minimum Gasteiger partial charge on any atom is -0.289 e. The first-order chi connectivity index (χ1) is 10.5. The number of carbonyl (C=O) groups is 1. The van der Waals surface area contributed by atoms with Crippen molar-refractivity contribution in [3.63, 3.8) is 0 Å². The van der Waals surface area contributed by atoms with Gasteiger partial charge in [0.1, 0.15) is 0 Å². The minimum atomic E-state index is -0.207. The fourth-order valence-electron chi connectivity index (χ4n) is 6.28. The van der Waals surface area contributed by atoms with Crippen molar-refractivity contribution in [2.24, 2.45) is 17.3 Å². The molecule has 0 heterocycles. The molecule has 3 nitrogen and oxygen atoms in total. The predicted molar refractivity (Wildman–Crippen MR) is 84.5 cm³/mol. The summed E-state index contributed by atoms with van der Waals surface area (Å²) >= 11 is 0. The Labute approximate surface area is 132 Å². The molecular formula is C19H25NO2. The van der Waals surface area contributed by atoms with E-state index in [1.807, 2.05) is 5.48 Å². The smallest absolute Gasteiger partial charge is 0.243 e. The third kappa shape index (κ3) is 2.18. The Hall–Kier alpha value is -1.35. The van der Waals surface area contributed by atoms with Crippen LogP contribution in [-0.2, 0) is 10.2 Å². The number of amides is 1. The van der Waals surface area contributed by atoms with Gasteiger partial charge in [0.25, 0.3) is 0 Å². The summed E-state index contributed by atoms with van der Waals surface area (Å²) in [7, 11) is 0. The molecule has 22 heavy (non-hydrogen) atoms. The van der Waals surface area contributed by atoms with Crippen molar-refractivity contribution in [3.8, 4) is 0 Å². The van der Waals surface area contributed by atoms with Gasteiger partial charge >= 0.3 is 0 Å². The van der Waals surface area contributed by atoms with Crippen LogP contribution in [0, 0.1) is 24.2 Å². The lowest BCUT2D eigenvalue weighted by atomic mass is 9.42. The molecule has 0 saturated heterocycles. The number of rotatable bonds is 3. The van der Waals surface area contributed by atoms with Gasteiger partial charge in [-0.3, -0.25) is 10.0 Å². The van der Waals surface area contributed by atoms with Crippen LogP contribution >= 0.6 is 0 Å². The number of aryl methyl sites for hydroxylation is 1. The van der Waals surface area contributed by atoms with Crippen molar-refractivity contribution >= 4 is 5.91 Å². The van der Waals surface area contributed by atoms with Crippen LogP contribution in [0.3, 0.4) is 0 Å². The largest absolute Gasteiger partial charge is 0.289 e. The molecule has 4 bridgehead atoms. The third-order valence-electron chi connectivity index (χ3n) is 6.51. The zero-order chi connectivity index (χ0) is 15.4. The Morgan fingerprint density at radius 3 is 2.41 bits per heavy atom. The maximum atomic E-state index is 11.8. The molecule has 118 valence electrons. The van der Waals surface area contributed by atoms with Crippen molar-refractivity contribution in [3.05, 3.63) is 35.4 Å². The van der Waals surface area contributed by atoms with E-state index in [0.29, 0.717) is 6.42 Å². The van der Waals surface area contributed by atoms with Crippen LogP contribution in [0.25, 0.3) is 0 Å². The van der Waals surface area contributed by atoms with Crippen LogP contribution in [-0.4, -0.2) is 11.1 Å². The van der Waals surface area contributed by atoms with Crippen molar-refractivity contribution in [1.82, 2.24) is 5.48 Å². The summed E-state index contributed by atoms with van der Waals surface area (Å²) in [6, 6.07) is 9.06. The zero-order valence-corrected chi connectivity index (χ0v) is 13.3. The van der Waals surface area contributed by atoms with E-state index in [1.54, 1.807) is 0 Å². The topological polar surface area (TPSA) is 49.3 Å². The van der Waals surface area contributed by atoms with Crippen LogP contribution < -0.4 is 5.48 Å². The number of benzene rings is 1. The maximum Gasteiger partial charge on any atom is 0.243 e. The molecule has 4 saturated carbocycles. The Balaban J connectivity index is 1.69. The normalized spacial score (nSPS) is 39.0. The van der Waals surface area contributed by atoms with Crippen molar-refractivity contribution in [2.45, 2.75) is 57.3 Å². The van der Waals surface area contributed by atoms with Gasteiger partial charge in [0, 0.05) is 6.42 Å². The fourth-order valence-corrected chi connectivity index (χ4v) is 6.28. The number of nitrogens with one attached hydrogen (secondary N) is 1. The van der Waals surface area contributed by atoms with E-state index >= 15 is 0 Å². The monoisotopic (exact) mass is 299 g/mol. The lowest BCUT2D eigenvalue weighted by molar-refractivity contribution is -0.139. The average Bonchev–Trinajstić information content (AvgIpc) is 2.45. The highest BCUT2D eigenvalue weighted by molar-refractivity contribution is 5.75. The van der Waals surface area contributed by atoms with Gasteiger partial charge in [-0.1, -0.05) is 29.8 Å². The van der Waals surface area contributed by atoms with Crippen LogP contribution in [0.2, 0.25) is 0 Å². The second kappa shape index (κ2) is 4.82. The summed E-state index contributed by atoms with van der Waals surface area (Å²) < 4.78 is 0. The molecule has 1 aromatic carbocycles. The number of hydrogen-bond donors (Lipinski definition) is 2. The Bertz CT molecular complexity index is 578. The Morgan fingerprint density at radius 2 is 1.82 bits per heavy atom. The summed E-state index contributed by atoms with van der Waals surface area (Å²) in [5.41, 5.74) is 5.03. The van der Waals surface area contributed by atoms with Gasteiger partial charge in [-0.05, 0) is 73.7 Å². The van der Waals surface area contributed by atoms with Gasteiger partial charge in [-0.25, -0.2) is 5.48 Å². The van der Waals surface area contributed by atoms with Crippen LogP contribution in [0.4, 0.5) is 0 Å². The van der Waals surface area contributed by atoms with E-state index in [0.717, 1.165) is 18.3 Å². The summed E-state index contributed by atoms with van der Waals surface area (Å²) in [6.07, 6.45) is 7.86. The lowest BCUT2D eigenvalue weighted by Gasteiger charge is -2.62. The summed E-state index contributed by atoms with van der Waals surface area (Å²) in [6.45, 7) is 2.14. The lowest BCUT2D eigenvalue weighted by Crippen LogP contribution is -2.55. The molecule has 0 spiro atoms. The van der Waals surface area contributed by atoms with Gasteiger partial charge in [-0.15, -0.1) is 0 Å². The molecular weight excluding hydrogens is 274 g/mol. The minimum absolute atomic E-state index is 0.113. The number of hydrogen-bond acceptors (Lipinski definition) is 2. The third-order valence-corrected chi connectivity index (χ3v) is 6.51. The predicted octanol–water partition coefficient (Wildman–Crippen LogP) is 3.73. The molecule has 4 fully saturated rings. The standard InChI is InChI=1S/C19H25NO2/c1-13-2-4-16(5-3-13)19-9-14-6-15(10-19)8-18(7-14,12-19)11-17(21)20-22/h2-5,14-15,22H,6-12H2,1H3,(H,20,21)/t14-,15+,18?,19?. The number of carbonyl (C=O) groups excluding carboxylic acids is 1. The Kier molecular flexibility index (Phi) is 3.12. The molecule has 1 aromatic rings. The molecule has 4 atom stereocenters. The fraction of sp³-hybridized carbons (Fsp3) is 0.632. The molecule has 3 heteroatoms. The van der Waals surface area contributed by atoms with E-state index in [9.17, 15) is 4.79 Å². The first-order valence-electron chi connectivity index (χ1n) is 8.53. The van der Waals surface area contributed by atoms with E-state index in [2.05, 4.69) is 31.2 Å². The number of hydroxylamine groups is 1. The van der Waals surface area contributed by atoms with Gasteiger partial charge in [0.15, 0.2) is 0 Å². The van der Waals surface area contributed by atoms with Crippen molar-refractivity contribution in [2.75, 3.05) is 0 Å². The molecule has 2 unspecified atom stereocenters. The molecule has 5 rings (SSSR count). The van der Waals surface area contributed by atoms with Crippen LogP contribution in [0.15, 0.2) is 24.3 Å². The first kappa shape index (κ1) is 14.3. The molecule has 1 amide bonds. The second-order valence-corrected chi connectivity index (χ2v) is 8.32. The van der Waals surface area contributed by atoms with E-state index in [1.165, 1.54) is 43.2 Å². The summed E-state index contributed by atoms with van der Waals surface area (Å²) in [4.78, 5) is 11.8. The van der Waals surface area contributed by atoms with E-state index in [4.69, 9.17) is 5.21 Å². The first-order valence-corrected chi connectivity index (χ1v) is 8.53. The highest BCUT2D eigenvalue weighted by Crippen LogP contribution is 2.66. The van der Waals surface area contributed by atoms with Crippen LogP contribution in [0.1, 0.15) is 56.1 Å². The van der Waals surface area contributed by atoms with Gasteiger partial charge in [-0.2, -0.15) is 0 Å². The molecule has 0 aromatic heterocycles. The molecule has 4 aliphatic rings. The van der Waals surface area contributed by atoms with Crippen molar-refractivity contribution < 1.29 is 10.0 Å².